The number of amides is 1. The summed E-state index contributed by atoms with van der Waals surface area (Å²) in [4.78, 5) is 28.2. The lowest BCUT2D eigenvalue weighted by molar-refractivity contribution is -0.138. The Balaban J connectivity index is 1.82. The van der Waals surface area contributed by atoms with E-state index in [1.165, 1.54) is 26.2 Å². The second kappa shape index (κ2) is 9.28. The minimum absolute atomic E-state index is 0.277. The molecule has 1 saturated carbocycles. The first kappa shape index (κ1) is 21.8. The van der Waals surface area contributed by atoms with Crippen molar-refractivity contribution < 1.29 is 19.8 Å². The number of benzene rings is 1. The van der Waals surface area contributed by atoms with Crippen LogP contribution >= 0.6 is 0 Å². The molecule has 160 valence electrons. The first-order chi connectivity index (χ1) is 14.3. The van der Waals surface area contributed by atoms with Crippen LogP contribution in [0.15, 0.2) is 24.3 Å². The van der Waals surface area contributed by atoms with Crippen molar-refractivity contribution in [3.05, 3.63) is 57.9 Å². The van der Waals surface area contributed by atoms with E-state index in [2.05, 4.69) is 5.32 Å². The molecule has 3 N–H and O–H groups in total. The molecule has 1 aromatic carbocycles. The molecule has 1 fully saturated rings. The third-order valence-electron chi connectivity index (χ3n) is 5.99. The number of carboxylic acid groups (broad SMARTS) is 1. The number of nitrogens with one attached hydrogen (secondary N) is 1. The van der Waals surface area contributed by atoms with Crippen LogP contribution in [0.25, 0.3) is 0 Å². The predicted octanol–water partition coefficient (Wildman–Crippen LogP) is 4.25. The maximum Gasteiger partial charge on any atom is 0.325 e. The summed E-state index contributed by atoms with van der Waals surface area (Å²) in [6.07, 6.45) is 6.36. The summed E-state index contributed by atoms with van der Waals surface area (Å²) in [7, 11) is 0. The Hall–Kier alpha value is -2.89. The highest BCUT2D eigenvalue weighted by Crippen LogP contribution is 2.36. The number of aliphatic carboxylic acids is 1. The Bertz CT molecular complexity index is 925. The zero-order chi connectivity index (χ0) is 21.8. The number of aryl methyl sites for hydroxylation is 2. The average Bonchev–Trinajstić information content (AvgIpc) is 2.72. The molecule has 0 unspecified atom stereocenters. The summed E-state index contributed by atoms with van der Waals surface area (Å²) < 4.78 is 0. The zero-order valence-electron chi connectivity index (χ0n) is 17.9. The molecule has 0 bridgehead atoms. The first-order valence-corrected chi connectivity index (χ1v) is 10.6. The number of carboxylic acids is 1. The average molecular weight is 411 g/mol. The maximum atomic E-state index is 12.4. The van der Waals surface area contributed by atoms with Crippen LogP contribution < -0.4 is 5.32 Å². The van der Waals surface area contributed by atoms with E-state index >= 15 is 0 Å². The van der Waals surface area contributed by atoms with Gasteiger partial charge in [-0.25, -0.2) is 0 Å². The van der Waals surface area contributed by atoms with Gasteiger partial charge in [0.15, 0.2) is 0 Å². The molecular formula is C24H30N2O4. The Morgan fingerprint density at radius 3 is 2.37 bits per heavy atom. The highest BCUT2D eigenvalue weighted by molar-refractivity contribution is 5.97. The van der Waals surface area contributed by atoms with Gasteiger partial charge in [0.05, 0.1) is 5.69 Å². The molecule has 0 radical (unpaired) electrons. The van der Waals surface area contributed by atoms with E-state index in [-0.39, 0.29) is 5.75 Å². The van der Waals surface area contributed by atoms with Crippen LogP contribution in [0.5, 0.6) is 5.75 Å². The van der Waals surface area contributed by atoms with Crippen LogP contribution in [-0.2, 0) is 11.2 Å². The van der Waals surface area contributed by atoms with Gasteiger partial charge >= 0.3 is 5.97 Å². The Kier molecular flexibility index (Phi) is 6.75. The molecule has 1 heterocycles. The molecule has 0 aliphatic heterocycles. The quantitative estimate of drug-likeness (QED) is 0.661. The number of carbonyl (C=O) groups is 2. The second-order valence-electron chi connectivity index (χ2n) is 8.34. The van der Waals surface area contributed by atoms with Crippen molar-refractivity contribution in [2.45, 2.75) is 71.3 Å². The summed E-state index contributed by atoms with van der Waals surface area (Å²) in [5.74, 6) is -0.868. The summed E-state index contributed by atoms with van der Waals surface area (Å²) in [5.41, 5.74) is 5.15. The number of pyridine rings is 1. The molecule has 2 aromatic rings. The van der Waals surface area contributed by atoms with Crippen molar-refractivity contribution in [1.82, 2.24) is 10.3 Å². The van der Waals surface area contributed by atoms with Gasteiger partial charge < -0.3 is 15.5 Å². The minimum atomic E-state index is -1.07. The molecule has 6 heteroatoms. The van der Waals surface area contributed by atoms with E-state index in [0.717, 1.165) is 40.9 Å². The fraction of sp³-hybridized carbons (Fsp3) is 0.458. The molecule has 1 atom stereocenters. The maximum absolute atomic E-state index is 12.4. The number of aromatic nitrogens is 1. The summed E-state index contributed by atoms with van der Waals surface area (Å²) in [6, 6.07) is 6.22. The Morgan fingerprint density at radius 2 is 1.77 bits per heavy atom. The zero-order valence-corrected chi connectivity index (χ0v) is 17.9. The van der Waals surface area contributed by atoms with Gasteiger partial charge in [0.2, 0.25) is 0 Å². The highest BCUT2D eigenvalue weighted by Gasteiger charge is 2.21. The van der Waals surface area contributed by atoms with Crippen molar-refractivity contribution in [2.24, 2.45) is 0 Å². The van der Waals surface area contributed by atoms with Crippen LogP contribution in [0.2, 0.25) is 0 Å². The van der Waals surface area contributed by atoms with Gasteiger partial charge in [-0.3, -0.25) is 14.6 Å². The van der Waals surface area contributed by atoms with Crippen molar-refractivity contribution in [3.8, 4) is 5.75 Å². The number of rotatable bonds is 6. The Morgan fingerprint density at radius 1 is 1.13 bits per heavy atom. The monoisotopic (exact) mass is 410 g/mol. The van der Waals surface area contributed by atoms with Crippen LogP contribution in [0.3, 0.4) is 0 Å². The molecular weight excluding hydrogens is 380 g/mol. The van der Waals surface area contributed by atoms with Gasteiger partial charge in [-0.1, -0.05) is 19.3 Å². The standard InChI is InChI=1S/C24H30N2O4/c1-14-11-18(23(28)25-16(3)24(29)30)12-15(2)20(14)13-19-9-10-21(27)22(26-19)17-7-5-4-6-8-17/h9-12,16-17,27H,4-8,13H2,1-3H3,(H,25,28)(H,29,30)/t16-/m1/s1. The molecule has 0 saturated heterocycles. The molecule has 1 amide bonds. The lowest BCUT2D eigenvalue weighted by atomic mass is 9.86. The van der Waals surface area contributed by atoms with Crippen LogP contribution in [0, 0.1) is 13.8 Å². The Labute approximate surface area is 177 Å². The van der Waals surface area contributed by atoms with Crippen LogP contribution in [-0.4, -0.2) is 33.1 Å². The topological polar surface area (TPSA) is 99.5 Å². The molecule has 3 rings (SSSR count). The fourth-order valence-corrected chi connectivity index (χ4v) is 4.21. The number of nitrogens with zero attached hydrogens (tertiary/aromatic N) is 1. The number of aromatic hydroxyl groups is 1. The third-order valence-corrected chi connectivity index (χ3v) is 5.99. The molecule has 30 heavy (non-hydrogen) atoms. The molecule has 1 aliphatic rings. The van der Waals surface area contributed by atoms with E-state index in [1.54, 1.807) is 18.2 Å². The number of hydrogen-bond acceptors (Lipinski definition) is 4. The van der Waals surface area contributed by atoms with E-state index in [1.807, 2.05) is 19.9 Å². The number of carbonyl (C=O) groups excluding carboxylic acids is 1. The van der Waals surface area contributed by atoms with Gasteiger partial charge in [-0.2, -0.15) is 0 Å². The minimum Gasteiger partial charge on any atom is -0.506 e. The summed E-state index contributed by atoms with van der Waals surface area (Å²) >= 11 is 0. The van der Waals surface area contributed by atoms with Gasteiger partial charge in [-0.15, -0.1) is 0 Å². The van der Waals surface area contributed by atoms with Gasteiger partial charge in [0.1, 0.15) is 11.8 Å². The van der Waals surface area contributed by atoms with Gasteiger partial charge in [0, 0.05) is 23.6 Å². The molecule has 1 aromatic heterocycles. The molecule has 6 nitrogen and oxygen atoms in total. The van der Waals surface area contributed by atoms with E-state index in [4.69, 9.17) is 10.1 Å². The predicted molar refractivity (Wildman–Crippen MR) is 115 cm³/mol. The molecule has 1 aliphatic carbocycles. The van der Waals surface area contributed by atoms with E-state index < -0.39 is 17.9 Å². The van der Waals surface area contributed by atoms with Crippen molar-refractivity contribution in [1.29, 1.82) is 0 Å². The lowest BCUT2D eigenvalue weighted by Crippen LogP contribution is -2.38. The number of hydrogen-bond donors (Lipinski definition) is 3. The van der Waals surface area contributed by atoms with Gasteiger partial charge in [-0.05, 0) is 74.6 Å². The largest absolute Gasteiger partial charge is 0.506 e. The van der Waals surface area contributed by atoms with E-state index in [9.17, 15) is 14.7 Å². The van der Waals surface area contributed by atoms with Crippen molar-refractivity contribution >= 4 is 11.9 Å². The van der Waals surface area contributed by atoms with Crippen LogP contribution in [0.4, 0.5) is 0 Å². The smallest absolute Gasteiger partial charge is 0.325 e. The van der Waals surface area contributed by atoms with Gasteiger partial charge in [0.25, 0.3) is 5.91 Å². The highest BCUT2D eigenvalue weighted by atomic mass is 16.4. The molecule has 0 spiro atoms. The summed E-state index contributed by atoms with van der Waals surface area (Å²) in [5, 5.41) is 21.8. The SMILES string of the molecule is Cc1cc(C(=O)N[C@H](C)C(=O)O)cc(C)c1Cc1ccc(O)c(C2CCCCC2)n1. The van der Waals surface area contributed by atoms with E-state index in [0.29, 0.717) is 17.9 Å². The van der Waals surface area contributed by atoms with Crippen molar-refractivity contribution in [2.75, 3.05) is 0 Å². The fourth-order valence-electron chi connectivity index (χ4n) is 4.21. The van der Waals surface area contributed by atoms with Crippen LogP contribution in [0.1, 0.15) is 83.4 Å². The first-order valence-electron chi connectivity index (χ1n) is 10.6. The van der Waals surface area contributed by atoms with Crippen molar-refractivity contribution in [3.63, 3.8) is 0 Å². The lowest BCUT2D eigenvalue weighted by Gasteiger charge is -2.22. The second-order valence-corrected chi connectivity index (χ2v) is 8.34. The summed E-state index contributed by atoms with van der Waals surface area (Å²) in [6.45, 7) is 5.33. The third kappa shape index (κ3) is 4.99. The normalized spacial score (nSPS) is 15.6.